The Labute approximate surface area is 128 Å². The fraction of sp³-hybridized carbons (Fsp3) is 0.312. The van der Waals surface area contributed by atoms with Crippen LogP contribution in [-0.2, 0) is 13.0 Å². The van der Waals surface area contributed by atoms with E-state index in [9.17, 15) is 14.7 Å². The van der Waals surface area contributed by atoms with E-state index < -0.39 is 5.97 Å². The molecule has 6 heteroatoms. The Kier molecular flexibility index (Phi) is 3.24. The summed E-state index contributed by atoms with van der Waals surface area (Å²) in [6.07, 6.45) is 0.589. The number of benzene rings is 1. The van der Waals surface area contributed by atoms with Crippen LogP contribution in [0.5, 0.6) is 0 Å². The SMILES string of the molecule is CCc1nc(C(=O)O)c2n1-c1cccc(C)c1C(=O)N(C)C2. The van der Waals surface area contributed by atoms with E-state index in [1.54, 1.807) is 7.05 Å². The minimum absolute atomic E-state index is 0.0193. The zero-order chi connectivity index (χ0) is 16.0. The molecule has 3 rings (SSSR count). The van der Waals surface area contributed by atoms with E-state index in [4.69, 9.17) is 0 Å². The van der Waals surface area contributed by atoms with Gasteiger partial charge in [-0.05, 0) is 18.6 Å². The summed E-state index contributed by atoms with van der Waals surface area (Å²) in [6, 6.07) is 5.60. The number of aromatic nitrogens is 2. The van der Waals surface area contributed by atoms with Crippen LogP contribution in [0.15, 0.2) is 18.2 Å². The highest BCUT2D eigenvalue weighted by Crippen LogP contribution is 2.29. The molecule has 114 valence electrons. The molecule has 1 aliphatic heterocycles. The van der Waals surface area contributed by atoms with Crippen LogP contribution in [0, 0.1) is 6.92 Å². The lowest BCUT2D eigenvalue weighted by molar-refractivity contribution is 0.0682. The Morgan fingerprint density at radius 3 is 2.77 bits per heavy atom. The lowest BCUT2D eigenvalue weighted by Gasteiger charge is -2.15. The van der Waals surface area contributed by atoms with Crippen molar-refractivity contribution in [3.8, 4) is 5.69 Å². The van der Waals surface area contributed by atoms with Gasteiger partial charge >= 0.3 is 5.97 Å². The zero-order valence-corrected chi connectivity index (χ0v) is 12.8. The normalized spacial score (nSPS) is 13.6. The van der Waals surface area contributed by atoms with E-state index in [2.05, 4.69) is 4.98 Å². The standard InChI is InChI=1S/C16H17N3O3/c1-4-12-17-14(16(21)22)11-8-18(3)15(20)13-9(2)6-5-7-10(13)19(11)12/h5-7H,4,8H2,1-3H3,(H,21,22). The minimum atomic E-state index is -1.07. The average molecular weight is 299 g/mol. The number of carbonyl (C=O) groups is 2. The van der Waals surface area contributed by atoms with Gasteiger partial charge in [0.1, 0.15) is 5.82 Å². The number of aromatic carboxylic acids is 1. The number of aryl methyl sites for hydroxylation is 2. The maximum Gasteiger partial charge on any atom is 0.356 e. The minimum Gasteiger partial charge on any atom is -0.476 e. The van der Waals surface area contributed by atoms with Crippen molar-refractivity contribution in [1.29, 1.82) is 0 Å². The number of carboxylic acid groups (broad SMARTS) is 1. The van der Waals surface area contributed by atoms with Crippen LogP contribution in [0.4, 0.5) is 0 Å². The van der Waals surface area contributed by atoms with Crippen molar-refractivity contribution in [2.45, 2.75) is 26.8 Å². The third-order valence-corrected chi connectivity index (χ3v) is 4.00. The summed E-state index contributed by atoms with van der Waals surface area (Å²) in [4.78, 5) is 30.0. The number of fused-ring (bicyclic) bond motifs is 3. The quantitative estimate of drug-likeness (QED) is 0.920. The number of nitrogens with zero attached hydrogens (tertiary/aromatic N) is 3. The fourth-order valence-electron chi connectivity index (χ4n) is 2.95. The maximum absolute atomic E-state index is 12.6. The number of hydrogen-bond donors (Lipinski definition) is 1. The van der Waals surface area contributed by atoms with Gasteiger partial charge in [0.25, 0.3) is 5.91 Å². The van der Waals surface area contributed by atoms with Crippen LogP contribution in [0.25, 0.3) is 5.69 Å². The lowest BCUT2D eigenvalue weighted by atomic mass is 10.1. The maximum atomic E-state index is 12.6. The molecule has 1 aliphatic rings. The van der Waals surface area contributed by atoms with Gasteiger partial charge in [0, 0.05) is 13.5 Å². The predicted molar refractivity (Wildman–Crippen MR) is 80.4 cm³/mol. The van der Waals surface area contributed by atoms with Crippen molar-refractivity contribution in [2.75, 3.05) is 7.05 Å². The Morgan fingerprint density at radius 1 is 1.41 bits per heavy atom. The van der Waals surface area contributed by atoms with Crippen LogP contribution in [0.2, 0.25) is 0 Å². The van der Waals surface area contributed by atoms with Crippen LogP contribution in [-0.4, -0.2) is 38.5 Å². The van der Waals surface area contributed by atoms with E-state index in [1.165, 1.54) is 4.90 Å². The molecule has 0 atom stereocenters. The number of imidazole rings is 1. The molecule has 2 aromatic rings. The van der Waals surface area contributed by atoms with Gasteiger partial charge in [-0.1, -0.05) is 19.1 Å². The Morgan fingerprint density at radius 2 is 2.14 bits per heavy atom. The molecular formula is C16H17N3O3. The van der Waals surface area contributed by atoms with Crippen molar-refractivity contribution in [2.24, 2.45) is 0 Å². The highest BCUT2D eigenvalue weighted by molar-refractivity contribution is 6.00. The molecule has 0 fully saturated rings. The Hall–Kier alpha value is -2.63. The molecule has 0 spiro atoms. The number of carbonyl (C=O) groups excluding carboxylic acids is 1. The molecule has 0 saturated heterocycles. The molecule has 1 aromatic carbocycles. The summed E-state index contributed by atoms with van der Waals surface area (Å²) in [5.74, 6) is -0.516. The molecule has 22 heavy (non-hydrogen) atoms. The first-order valence-corrected chi connectivity index (χ1v) is 7.15. The van der Waals surface area contributed by atoms with Crippen molar-refractivity contribution in [1.82, 2.24) is 14.5 Å². The third-order valence-electron chi connectivity index (χ3n) is 4.00. The molecule has 1 N–H and O–H groups in total. The first-order chi connectivity index (χ1) is 10.5. The monoisotopic (exact) mass is 299 g/mol. The van der Waals surface area contributed by atoms with Gasteiger partial charge in [-0.2, -0.15) is 0 Å². The van der Waals surface area contributed by atoms with E-state index in [1.807, 2.05) is 36.6 Å². The molecule has 1 aromatic heterocycles. The smallest absolute Gasteiger partial charge is 0.356 e. The topological polar surface area (TPSA) is 75.4 Å². The number of hydrogen-bond acceptors (Lipinski definition) is 3. The summed E-state index contributed by atoms with van der Waals surface area (Å²) >= 11 is 0. The highest BCUT2D eigenvalue weighted by Gasteiger charge is 2.31. The van der Waals surface area contributed by atoms with Crippen molar-refractivity contribution in [3.05, 3.63) is 46.5 Å². The largest absolute Gasteiger partial charge is 0.476 e. The van der Waals surface area contributed by atoms with Gasteiger partial charge in [-0.3, -0.25) is 9.36 Å². The van der Waals surface area contributed by atoms with Crippen LogP contribution < -0.4 is 0 Å². The Bertz CT molecular complexity index is 792. The lowest BCUT2D eigenvalue weighted by Crippen LogP contribution is -2.26. The first-order valence-electron chi connectivity index (χ1n) is 7.15. The van der Waals surface area contributed by atoms with Gasteiger partial charge in [-0.15, -0.1) is 0 Å². The Balaban J connectivity index is 2.42. The highest BCUT2D eigenvalue weighted by atomic mass is 16.4. The van der Waals surface area contributed by atoms with E-state index in [-0.39, 0.29) is 18.1 Å². The molecule has 0 unspecified atom stereocenters. The molecule has 0 bridgehead atoms. The van der Waals surface area contributed by atoms with Crippen molar-refractivity contribution in [3.63, 3.8) is 0 Å². The molecular weight excluding hydrogens is 282 g/mol. The van der Waals surface area contributed by atoms with Crippen LogP contribution in [0.3, 0.4) is 0 Å². The summed E-state index contributed by atoms with van der Waals surface area (Å²) in [5, 5.41) is 9.42. The zero-order valence-electron chi connectivity index (χ0n) is 12.8. The predicted octanol–water partition coefficient (Wildman–Crippen LogP) is 2.03. The van der Waals surface area contributed by atoms with E-state index >= 15 is 0 Å². The molecule has 2 heterocycles. The third kappa shape index (κ3) is 1.91. The molecule has 0 radical (unpaired) electrons. The van der Waals surface area contributed by atoms with Gasteiger partial charge in [0.15, 0.2) is 5.69 Å². The second-order valence-electron chi connectivity index (χ2n) is 5.45. The summed E-state index contributed by atoms with van der Waals surface area (Å²) in [7, 11) is 1.68. The second kappa shape index (κ2) is 4.98. The average Bonchev–Trinajstić information content (AvgIpc) is 2.79. The molecule has 6 nitrogen and oxygen atoms in total. The second-order valence-corrected chi connectivity index (χ2v) is 5.45. The van der Waals surface area contributed by atoms with Gasteiger partial charge in [0.2, 0.25) is 0 Å². The number of rotatable bonds is 2. The van der Waals surface area contributed by atoms with Crippen molar-refractivity contribution < 1.29 is 14.7 Å². The van der Waals surface area contributed by atoms with Gasteiger partial charge < -0.3 is 10.0 Å². The number of amides is 1. The fourth-order valence-corrected chi connectivity index (χ4v) is 2.95. The van der Waals surface area contributed by atoms with Gasteiger partial charge in [0.05, 0.1) is 23.5 Å². The molecule has 0 aliphatic carbocycles. The van der Waals surface area contributed by atoms with E-state index in [0.29, 0.717) is 29.2 Å². The summed E-state index contributed by atoms with van der Waals surface area (Å²) in [5.41, 5.74) is 2.75. The number of carboxylic acids is 1. The summed E-state index contributed by atoms with van der Waals surface area (Å²) in [6.45, 7) is 4.03. The molecule has 0 saturated carbocycles. The molecule has 1 amide bonds. The van der Waals surface area contributed by atoms with Crippen LogP contribution >= 0.6 is 0 Å². The van der Waals surface area contributed by atoms with Crippen molar-refractivity contribution >= 4 is 11.9 Å². The summed E-state index contributed by atoms with van der Waals surface area (Å²) < 4.78 is 1.83. The first kappa shape index (κ1) is 14.3. The van der Waals surface area contributed by atoms with Gasteiger partial charge in [-0.25, -0.2) is 9.78 Å². The van der Waals surface area contributed by atoms with Crippen LogP contribution in [0.1, 0.15) is 44.9 Å². The van der Waals surface area contributed by atoms with E-state index in [0.717, 1.165) is 5.56 Å².